The monoisotopic (exact) mass is 508 g/mol. The first-order valence-corrected chi connectivity index (χ1v) is 12.9. The number of rotatable bonds is 10. The number of hydrogen-bond donors (Lipinski definition) is 0. The summed E-state index contributed by atoms with van der Waals surface area (Å²) in [7, 11) is 4.70. The third-order valence-corrected chi connectivity index (χ3v) is 7.43. The molecule has 0 aliphatic carbocycles. The van der Waals surface area contributed by atoms with E-state index in [1.54, 1.807) is 48.7 Å². The van der Waals surface area contributed by atoms with Crippen molar-refractivity contribution in [3.05, 3.63) is 81.5 Å². The second-order valence-corrected chi connectivity index (χ2v) is 9.59. The highest BCUT2D eigenvalue weighted by Gasteiger charge is 2.34. The second-order valence-electron chi connectivity index (χ2n) is 8.59. The summed E-state index contributed by atoms with van der Waals surface area (Å²) in [6.07, 6.45) is 1.43. The molecular formula is C28H32N2O5S. The molecule has 0 fully saturated rings. The molecule has 7 nitrogen and oxygen atoms in total. The van der Waals surface area contributed by atoms with Crippen LogP contribution in [0, 0.1) is 0 Å². The van der Waals surface area contributed by atoms with Crippen LogP contribution in [0.2, 0.25) is 0 Å². The van der Waals surface area contributed by atoms with Gasteiger partial charge < -0.3 is 24.0 Å². The Kier molecular flexibility index (Phi) is 8.61. The number of amides is 2. The number of ether oxygens (including phenoxy) is 3. The minimum Gasteiger partial charge on any atom is -0.497 e. The van der Waals surface area contributed by atoms with E-state index >= 15 is 0 Å². The Morgan fingerprint density at radius 3 is 2.58 bits per heavy atom. The summed E-state index contributed by atoms with van der Waals surface area (Å²) in [6.45, 7) is 1.46. The van der Waals surface area contributed by atoms with Crippen LogP contribution in [0.1, 0.15) is 38.8 Å². The molecule has 8 heteroatoms. The van der Waals surface area contributed by atoms with Gasteiger partial charge in [0, 0.05) is 37.7 Å². The predicted molar refractivity (Wildman–Crippen MR) is 140 cm³/mol. The van der Waals surface area contributed by atoms with Crippen molar-refractivity contribution in [3.8, 4) is 11.5 Å². The topological polar surface area (TPSA) is 68.3 Å². The van der Waals surface area contributed by atoms with Crippen LogP contribution in [0.5, 0.6) is 11.5 Å². The van der Waals surface area contributed by atoms with Crippen LogP contribution >= 0.6 is 11.3 Å². The van der Waals surface area contributed by atoms with Crippen molar-refractivity contribution in [1.82, 2.24) is 9.80 Å². The van der Waals surface area contributed by atoms with E-state index in [1.165, 1.54) is 17.6 Å². The number of carbonyl (C=O) groups is 2. The van der Waals surface area contributed by atoms with E-state index < -0.39 is 0 Å². The molecule has 1 aliphatic heterocycles. The molecule has 2 amide bonds. The van der Waals surface area contributed by atoms with E-state index in [0.717, 1.165) is 12.0 Å². The first-order chi connectivity index (χ1) is 17.6. The molecule has 1 unspecified atom stereocenters. The van der Waals surface area contributed by atoms with Crippen LogP contribution in [0.4, 0.5) is 0 Å². The summed E-state index contributed by atoms with van der Waals surface area (Å²) in [5, 5.41) is 2.09. The number of benzene rings is 2. The van der Waals surface area contributed by atoms with Gasteiger partial charge in [-0.2, -0.15) is 0 Å². The summed E-state index contributed by atoms with van der Waals surface area (Å²) in [6, 6.07) is 17.1. The molecule has 0 bridgehead atoms. The third-order valence-electron chi connectivity index (χ3n) is 6.43. The maximum atomic E-state index is 13.8. The van der Waals surface area contributed by atoms with Gasteiger partial charge in [0.2, 0.25) is 5.91 Å². The van der Waals surface area contributed by atoms with Crippen molar-refractivity contribution in [2.24, 2.45) is 0 Å². The van der Waals surface area contributed by atoms with E-state index in [0.29, 0.717) is 43.2 Å². The third kappa shape index (κ3) is 5.55. The second kappa shape index (κ2) is 12.1. The SMILES string of the molecule is COCCCN(CC(=O)N1CCc2sccc2C1c1ccccc1)C(=O)c1ccc(OC)cc1OC. The number of fused-ring (bicyclic) bond motifs is 1. The Hall–Kier alpha value is -3.36. The molecule has 0 N–H and O–H groups in total. The lowest BCUT2D eigenvalue weighted by Gasteiger charge is -2.37. The first kappa shape index (κ1) is 25.7. The van der Waals surface area contributed by atoms with Gasteiger partial charge in [-0.25, -0.2) is 0 Å². The number of nitrogens with zero attached hydrogens (tertiary/aromatic N) is 2. The molecule has 0 saturated heterocycles. The van der Waals surface area contributed by atoms with Crippen molar-refractivity contribution in [2.45, 2.75) is 18.9 Å². The summed E-state index contributed by atoms with van der Waals surface area (Å²) >= 11 is 1.73. The predicted octanol–water partition coefficient (Wildman–Crippen LogP) is 4.42. The number of methoxy groups -OCH3 is 3. The lowest BCUT2D eigenvalue weighted by atomic mass is 9.93. The Morgan fingerprint density at radius 1 is 1.06 bits per heavy atom. The molecule has 2 aromatic carbocycles. The summed E-state index contributed by atoms with van der Waals surface area (Å²) in [5.74, 6) is 0.657. The Morgan fingerprint density at radius 2 is 1.86 bits per heavy atom. The van der Waals surface area contributed by atoms with Crippen LogP contribution < -0.4 is 9.47 Å². The van der Waals surface area contributed by atoms with Gasteiger partial charge in [-0.05, 0) is 47.5 Å². The quantitative estimate of drug-likeness (QED) is 0.379. The van der Waals surface area contributed by atoms with Gasteiger partial charge >= 0.3 is 0 Å². The Balaban J connectivity index is 1.61. The molecule has 36 heavy (non-hydrogen) atoms. The summed E-state index contributed by atoms with van der Waals surface area (Å²) in [4.78, 5) is 32.3. The number of thiophene rings is 1. The minimum atomic E-state index is -0.261. The normalized spacial score (nSPS) is 14.8. The molecular weight excluding hydrogens is 476 g/mol. The number of hydrogen-bond acceptors (Lipinski definition) is 6. The lowest BCUT2D eigenvalue weighted by Crippen LogP contribution is -2.47. The van der Waals surface area contributed by atoms with Crippen molar-refractivity contribution >= 4 is 23.2 Å². The molecule has 4 rings (SSSR count). The van der Waals surface area contributed by atoms with E-state index in [9.17, 15) is 9.59 Å². The fraction of sp³-hybridized carbons (Fsp3) is 0.357. The highest BCUT2D eigenvalue weighted by atomic mass is 32.1. The maximum absolute atomic E-state index is 13.8. The van der Waals surface area contributed by atoms with Gasteiger partial charge in [0.05, 0.1) is 25.8 Å². The molecule has 1 aliphatic rings. The number of carbonyl (C=O) groups excluding carboxylic acids is 2. The van der Waals surface area contributed by atoms with Gasteiger partial charge in [0.15, 0.2) is 0 Å². The highest BCUT2D eigenvalue weighted by Crippen LogP contribution is 2.38. The fourth-order valence-electron chi connectivity index (χ4n) is 4.63. The van der Waals surface area contributed by atoms with Crippen LogP contribution in [0.25, 0.3) is 0 Å². The zero-order valence-corrected chi connectivity index (χ0v) is 21.8. The van der Waals surface area contributed by atoms with E-state index in [1.807, 2.05) is 23.1 Å². The zero-order valence-electron chi connectivity index (χ0n) is 20.9. The van der Waals surface area contributed by atoms with Gasteiger partial charge in [0.1, 0.15) is 18.0 Å². The molecule has 0 spiro atoms. The summed E-state index contributed by atoms with van der Waals surface area (Å²) in [5.41, 5.74) is 2.63. The molecule has 2 heterocycles. The van der Waals surface area contributed by atoms with Crippen LogP contribution in [-0.4, -0.2) is 69.2 Å². The maximum Gasteiger partial charge on any atom is 0.258 e. The smallest absolute Gasteiger partial charge is 0.258 e. The van der Waals surface area contributed by atoms with Crippen LogP contribution in [0.3, 0.4) is 0 Å². The van der Waals surface area contributed by atoms with Crippen LogP contribution in [0.15, 0.2) is 60.0 Å². The molecule has 0 radical (unpaired) electrons. The van der Waals surface area contributed by atoms with Crippen LogP contribution in [-0.2, 0) is 16.0 Å². The van der Waals surface area contributed by atoms with Crippen molar-refractivity contribution in [3.63, 3.8) is 0 Å². The Labute approximate surface area is 216 Å². The van der Waals surface area contributed by atoms with Gasteiger partial charge in [0.25, 0.3) is 5.91 Å². The van der Waals surface area contributed by atoms with Gasteiger partial charge in [-0.1, -0.05) is 30.3 Å². The van der Waals surface area contributed by atoms with Crippen molar-refractivity contribution in [1.29, 1.82) is 0 Å². The standard InChI is InChI=1S/C28H32N2O5S/c1-33-16-7-14-29(28(32)22-11-10-21(34-2)18-24(22)35-3)19-26(31)30-15-12-25-23(13-17-36-25)27(30)20-8-5-4-6-9-20/h4-6,8-11,13,17-18,27H,7,12,14-16,19H2,1-3H3. The van der Waals surface area contributed by atoms with Crippen molar-refractivity contribution < 1.29 is 23.8 Å². The molecule has 190 valence electrons. The average Bonchev–Trinajstić information content (AvgIpc) is 3.40. The summed E-state index contributed by atoms with van der Waals surface area (Å²) < 4.78 is 15.9. The minimum absolute atomic E-state index is 0.0272. The average molecular weight is 509 g/mol. The first-order valence-electron chi connectivity index (χ1n) is 12.0. The highest BCUT2D eigenvalue weighted by molar-refractivity contribution is 7.10. The molecule has 3 aromatic rings. The molecule has 1 atom stereocenters. The molecule has 0 saturated carbocycles. The van der Waals surface area contributed by atoms with Gasteiger partial charge in [-0.3, -0.25) is 9.59 Å². The fourth-order valence-corrected chi connectivity index (χ4v) is 5.54. The van der Waals surface area contributed by atoms with E-state index in [2.05, 4.69) is 23.6 Å². The Bertz CT molecular complexity index is 1180. The van der Waals surface area contributed by atoms with Gasteiger partial charge in [-0.15, -0.1) is 11.3 Å². The van der Waals surface area contributed by atoms with E-state index in [-0.39, 0.29) is 24.4 Å². The zero-order chi connectivity index (χ0) is 25.5. The lowest BCUT2D eigenvalue weighted by molar-refractivity contribution is -0.134. The van der Waals surface area contributed by atoms with E-state index in [4.69, 9.17) is 14.2 Å². The van der Waals surface area contributed by atoms with Crippen molar-refractivity contribution in [2.75, 3.05) is 47.6 Å². The molecule has 1 aromatic heterocycles. The largest absolute Gasteiger partial charge is 0.497 e.